The second-order valence-corrected chi connectivity index (χ2v) is 5.54. The van der Waals surface area contributed by atoms with E-state index in [0.717, 1.165) is 15.2 Å². The van der Waals surface area contributed by atoms with Gasteiger partial charge >= 0.3 is 5.69 Å². The van der Waals surface area contributed by atoms with Crippen LogP contribution in [0.15, 0.2) is 16.9 Å². The average molecular weight is 368 g/mol. The normalized spacial score (nSPS) is 11.6. The zero-order valence-corrected chi connectivity index (χ0v) is 14.3. The SMILES string of the molecule is C#CC(C)Oc1cc(-n2c(Cl)c(C#N)n(CC)c2=O)c(F)cc1Cl. The molecule has 1 aromatic heterocycles. The van der Waals surface area contributed by atoms with Crippen LogP contribution in [0.4, 0.5) is 4.39 Å². The zero-order valence-electron chi connectivity index (χ0n) is 12.8. The van der Waals surface area contributed by atoms with Gasteiger partial charge in [-0.05, 0) is 19.9 Å². The van der Waals surface area contributed by atoms with E-state index in [4.69, 9.17) is 39.6 Å². The quantitative estimate of drug-likeness (QED) is 0.778. The van der Waals surface area contributed by atoms with Gasteiger partial charge in [0.25, 0.3) is 0 Å². The van der Waals surface area contributed by atoms with E-state index in [2.05, 4.69) is 5.92 Å². The van der Waals surface area contributed by atoms with Crippen LogP contribution in [0.1, 0.15) is 19.5 Å². The van der Waals surface area contributed by atoms with E-state index < -0.39 is 17.6 Å². The van der Waals surface area contributed by atoms with Crippen LogP contribution in [0.5, 0.6) is 5.75 Å². The van der Waals surface area contributed by atoms with Crippen molar-refractivity contribution < 1.29 is 9.13 Å². The van der Waals surface area contributed by atoms with Gasteiger partial charge in [-0.25, -0.2) is 13.8 Å². The Morgan fingerprint density at radius 3 is 2.62 bits per heavy atom. The second-order valence-electron chi connectivity index (χ2n) is 4.77. The molecule has 2 rings (SSSR count). The summed E-state index contributed by atoms with van der Waals surface area (Å²) in [6.45, 7) is 3.49. The molecule has 1 unspecified atom stereocenters. The summed E-state index contributed by atoms with van der Waals surface area (Å²) in [5.74, 6) is 1.66. The standard InChI is InChI=1S/C16H12Cl2FN3O2/c1-4-9(3)24-14-7-12(11(19)6-10(14)17)22-15(18)13(8-20)21(5-2)16(22)23/h1,6-7,9H,5H2,2-3H3. The van der Waals surface area contributed by atoms with Gasteiger partial charge in [-0.2, -0.15) is 5.26 Å². The number of hydrogen-bond donors (Lipinski definition) is 0. The number of halogens is 3. The van der Waals surface area contributed by atoms with Crippen molar-refractivity contribution >= 4 is 23.2 Å². The molecule has 0 amide bonds. The summed E-state index contributed by atoms with van der Waals surface area (Å²) < 4.78 is 21.8. The van der Waals surface area contributed by atoms with Crippen molar-refractivity contribution in [3.05, 3.63) is 44.3 Å². The highest BCUT2D eigenvalue weighted by Crippen LogP contribution is 2.31. The van der Waals surface area contributed by atoms with E-state index in [-0.39, 0.29) is 33.9 Å². The lowest BCUT2D eigenvalue weighted by molar-refractivity contribution is 0.278. The third-order valence-electron chi connectivity index (χ3n) is 3.29. The average Bonchev–Trinajstić information content (AvgIpc) is 2.79. The Bertz CT molecular complexity index is 935. The van der Waals surface area contributed by atoms with Gasteiger partial charge in [0.15, 0.2) is 17.0 Å². The molecule has 1 atom stereocenters. The molecule has 0 saturated heterocycles. The third kappa shape index (κ3) is 2.99. The molecule has 0 bridgehead atoms. The minimum atomic E-state index is -0.789. The number of rotatable bonds is 4. The van der Waals surface area contributed by atoms with Gasteiger partial charge in [0.1, 0.15) is 17.6 Å². The van der Waals surface area contributed by atoms with E-state index in [1.165, 1.54) is 6.07 Å². The Hall–Kier alpha value is -2.41. The first kappa shape index (κ1) is 17.9. The number of ether oxygens (including phenoxy) is 1. The number of aromatic nitrogens is 2. The molecule has 2 aromatic rings. The van der Waals surface area contributed by atoms with Crippen molar-refractivity contribution in [1.29, 1.82) is 5.26 Å². The number of benzene rings is 1. The first-order valence-electron chi connectivity index (χ1n) is 6.89. The van der Waals surface area contributed by atoms with Crippen LogP contribution in [0.25, 0.3) is 5.69 Å². The molecule has 0 aliphatic carbocycles. The highest BCUT2D eigenvalue weighted by atomic mass is 35.5. The molecule has 5 nitrogen and oxygen atoms in total. The van der Waals surface area contributed by atoms with Crippen LogP contribution in [0, 0.1) is 29.5 Å². The maximum Gasteiger partial charge on any atom is 0.335 e. The molecule has 1 aromatic carbocycles. The minimum Gasteiger partial charge on any atom is -0.476 e. The van der Waals surface area contributed by atoms with Crippen LogP contribution in [0.2, 0.25) is 10.2 Å². The fourth-order valence-electron chi connectivity index (χ4n) is 2.13. The number of nitrogens with zero attached hydrogens (tertiary/aromatic N) is 3. The molecule has 124 valence electrons. The lowest BCUT2D eigenvalue weighted by Crippen LogP contribution is -2.24. The predicted octanol–water partition coefficient (Wildman–Crippen LogP) is 3.38. The number of hydrogen-bond acceptors (Lipinski definition) is 3. The first-order valence-corrected chi connectivity index (χ1v) is 7.64. The fraction of sp³-hybridized carbons (Fsp3) is 0.250. The number of imidazole rings is 1. The van der Waals surface area contributed by atoms with Gasteiger partial charge in [0, 0.05) is 12.6 Å². The predicted molar refractivity (Wildman–Crippen MR) is 89.3 cm³/mol. The first-order chi connectivity index (χ1) is 11.3. The summed E-state index contributed by atoms with van der Waals surface area (Å²) >= 11 is 12.0. The number of nitriles is 1. The van der Waals surface area contributed by atoms with Crippen LogP contribution in [-0.4, -0.2) is 15.2 Å². The molecular formula is C16H12Cl2FN3O2. The highest BCUT2D eigenvalue weighted by molar-refractivity contribution is 6.32. The maximum atomic E-state index is 14.4. The van der Waals surface area contributed by atoms with E-state index in [1.807, 2.05) is 6.07 Å². The Kier molecular flexibility index (Phi) is 5.23. The Labute approximate surface area is 147 Å². The van der Waals surface area contributed by atoms with E-state index in [0.29, 0.717) is 0 Å². The molecule has 0 radical (unpaired) electrons. The maximum absolute atomic E-state index is 14.4. The summed E-state index contributed by atoms with van der Waals surface area (Å²) in [7, 11) is 0. The van der Waals surface area contributed by atoms with E-state index in [9.17, 15) is 9.18 Å². The summed E-state index contributed by atoms with van der Waals surface area (Å²) in [4.78, 5) is 12.4. The van der Waals surface area contributed by atoms with Crippen molar-refractivity contribution in [1.82, 2.24) is 9.13 Å². The van der Waals surface area contributed by atoms with Crippen molar-refractivity contribution in [2.24, 2.45) is 0 Å². The highest BCUT2D eigenvalue weighted by Gasteiger charge is 2.22. The molecule has 0 saturated carbocycles. The Morgan fingerprint density at radius 1 is 1.46 bits per heavy atom. The van der Waals surface area contributed by atoms with Crippen molar-refractivity contribution in [3.8, 4) is 29.8 Å². The molecule has 0 N–H and O–H groups in total. The Morgan fingerprint density at radius 2 is 2.12 bits per heavy atom. The molecule has 8 heteroatoms. The zero-order chi connectivity index (χ0) is 18.0. The van der Waals surface area contributed by atoms with Gasteiger partial charge in [0.2, 0.25) is 0 Å². The van der Waals surface area contributed by atoms with Crippen molar-refractivity contribution in [3.63, 3.8) is 0 Å². The molecule has 0 fully saturated rings. The molecular weight excluding hydrogens is 356 g/mol. The lowest BCUT2D eigenvalue weighted by Gasteiger charge is -2.13. The van der Waals surface area contributed by atoms with E-state index >= 15 is 0 Å². The van der Waals surface area contributed by atoms with Gasteiger partial charge in [-0.3, -0.25) is 4.57 Å². The van der Waals surface area contributed by atoms with Crippen LogP contribution in [-0.2, 0) is 6.54 Å². The Balaban J connectivity index is 2.73. The van der Waals surface area contributed by atoms with Gasteiger partial charge in [-0.1, -0.05) is 29.1 Å². The summed E-state index contributed by atoms with van der Waals surface area (Å²) in [6.07, 6.45) is 4.64. The third-order valence-corrected chi connectivity index (χ3v) is 3.93. The topological polar surface area (TPSA) is 60.0 Å². The monoisotopic (exact) mass is 367 g/mol. The van der Waals surface area contributed by atoms with Crippen LogP contribution >= 0.6 is 23.2 Å². The minimum absolute atomic E-state index is 0.00190. The number of terminal acetylenes is 1. The van der Waals surface area contributed by atoms with Gasteiger partial charge in [-0.15, -0.1) is 6.42 Å². The lowest BCUT2D eigenvalue weighted by atomic mass is 10.2. The molecule has 0 aliphatic heterocycles. The van der Waals surface area contributed by atoms with Gasteiger partial charge < -0.3 is 4.74 Å². The summed E-state index contributed by atoms with van der Waals surface area (Å²) in [5.41, 5.74) is -0.883. The summed E-state index contributed by atoms with van der Waals surface area (Å²) in [5, 5.41) is 8.97. The second kappa shape index (κ2) is 7.00. The largest absolute Gasteiger partial charge is 0.476 e. The van der Waals surface area contributed by atoms with Crippen LogP contribution in [0.3, 0.4) is 0 Å². The summed E-state index contributed by atoms with van der Waals surface area (Å²) in [6, 6.07) is 4.05. The molecule has 0 spiro atoms. The fourth-order valence-corrected chi connectivity index (χ4v) is 2.63. The smallest absolute Gasteiger partial charge is 0.335 e. The van der Waals surface area contributed by atoms with E-state index in [1.54, 1.807) is 13.8 Å². The molecule has 24 heavy (non-hydrogen) atoms. The molecule has 1 heterocycles. The van der Waals surface area contributed by atoms with Crippen molar-refractivity contribution in [2.45, 2.75) is 26.5 Å². The van der Waals surface area contributed by atoms with Crippen molar-refractivity contribution in [2.75, 3.05) is 0 Å². The molecule has 0 aliphatic rings. The van der Waals surface area contributed by atoms with Crippen LogP contribution < -0.4 is 10.4 Å². The van der Waals surface area contributed by atoms with Gasteiger partial charge in [0.05, 0.1) is 10.7 Å².